The van der Waals surface area contributed by atoms with E-state index in [1.165, 1.54) is 22.9 Å². The minimum atomic E-state index is 0.0709. The maximum absolute atomic E-state index is 12.4. The van der Waals surface area contributed by atoms with Gasteiger partial charge in [-0.1, -0.05) is 41.6 Å². The summed E-state index contributed by atoms with van der Waals surface area (Å²) in [6, 6.07) is 13.7. The summed E-state index contributed by atoms with van der Waals surface area (Å²) >= 11 is 1.34. The predicted molar refractivity (Wildman–Crippen MR) is 94.9 cm³/mol. The van der Waals surface area contributed by atoms with E-state index in [0.29, 0.717) is 10.9 Å². The average molecular weight is 338 g/mol. The average Bonchev–Trinajstić information content (AvgIpc) is 3.04. The largest absolute Gasteiger partial charge is 0.293 e. The summed E-state index contributed by atoms with van der Waals surface area (Å²) in [4.78, 5) is 12.4. The van der Waals surface area contributed by atoms with Crippen LogP contribution in [0.25, 0.3) is 5.69 Å². The van der Waals surface area contributed by atoms with E-state index in [1.807, 2.05) is 63.2 Å². The minimum Gasteiger partial charge on any atom is -0.293 e. The predicted octanol–water partition coefficient (Wildman–Crippen LogP) is 3.56. The van der Waals surface area contributed by atoms with Crippen LogP contribution in [0.4, 0.5) is 0 Å². The van der Waals surface area contributed by atoms with Crippen molar-refractivity contribution in [3.8, 4) is 5.69 Å². The third-order valence-electron chi connectivity index (χ3n) is 3.88. The molecule has 6 heteroatoms. The molecule has 0 amide bonds. The number of thioether (sulfide) groups is 1. The van der Waals surface area contributed by atoms with Gasteiger partial charge < -0.3 is 0 Å². The SMILES string of the molecule is Cc1ccc(-n2nnnc2SCC(=O)c2ccc(C)c(C)c2)cc1. The number of aryl methyl sites for hydroxylation is 3. The van der Waals surface area contributed by atoms with Gasteiger partial charge in [0.1, 0.15) is 0 Å². The molecule has 0 saturated carbocycles. The summed E-state index contributed by atoms with van der Waals surface area (Å²) < 4.78 is 1.65. The highest BCUT2D eigenvalue weighted by molar-refractivity contribution is 7.99. The van der Waals surface area contributed by atoms with Crippen LogP contribution in [0.5, 0.6) is 0 Å². The van der Waals surface area contributed by atoms with Gasteiger partial charge in [-0.2, -0.15) is 4.68 Å². The first kappa shape index (κ1) is 16.4. The molecule has 0 spiro atoms. The number of benzene rings is 2. The van der Waals surface area contributed by atoms with Crippen molar-refractivity contribution in [2.24, 2.45) is 0 Å². The highest BCUT2D eigenvalue weighted by Gasteiger charge is 2.13. The zero-order chi connectivity index (χ0) is 17.1. The molecule has 1 heterocycles. The monoisotopic (exact) mass is 338 g/mol. The smallest absolute Gasteiger partial charge is 0.214 e. The molecule has 5 nitrogen and oxygen atoms in total. The fourth-order valence-electron chi connectivity index (χ4n) is 2.25. The van der Waals surface area contributed by atoms with Crippen LogP contribution < -0.4 is 0 Å². The Morgan fingerprint density at radius 3 is 2.50 bits per heavy atom. The second kappa shape index (κ2) is 6.97. The first-order valence-electron chi connectivity index (χ1n) is 7.63. The fraction of sp³-hybridized carbons (Fsp3) is 0.222. The van der Waals surface area contributed by atoms with Crippen molar-refractivity contribution in [1.82, 2.24) is 20.2 Å². The number of hydrogen-bond acceptors (Lipinski definition) is 5. The van der Waals surface area contributed by atoms with Crippen molar-refractivity contribution in [2.45, 2.75) is 25.9 Å². The van der Waals surface area contributed by atoms with E-state index < -0.39 is 0 Å². The van der Waals surface area contributed by atoms with Crippen molar-refractivity contribution >= 4 is 17.5 Å². The number of ketones is 1. The number of Topliss-reactive ketones (excluding diaryl/α,β-unsaturated/α-hetero) is 1. The Labute approximate surface area is 145 Å². The molecular formula is C18H18N4OS. The number of carbonyl (C=O) groups is 1. The van der Waals surface area contributed by atoms with Crippen LogP contribution in [-0.2, 0) is 0 Å². The van der Waals surface area contributed by atoms with E-state index in [-0.39, 0.29) is 5.78 Å². The Morgan fingerprint density at radius 2 is 1.79 bits per heavy atom. The Bertz CT molecular complexity index is 871. The first-order valence-corrected chi connectivity index (χ1v) is 8.62. The van der Waals surface area contributed by atoms with Crippen molar-refractivity contribution < 1.29 is 4.79 Å². The molecule has 0 aliphatic carbocycles. The molecule has 0 atom stereocenters. The molecule has 0 aliphatic rings. The third-order valence-corrected chi connectivity index (χ3v) is 4.80. The minimum absolute atomic E-state index is 0.0709. The number of tetrazole rings is 1. The van der Waals surface area contributed by atoms with Crippen molar-refractivity contribution in [1.29, 1.82) is 0 Å². The third kappa shape index (κ3) is 3.54. The number of hydrogen-bond donors (Lipinski definition) is 0. The summed E-state index contributed by atoms with van der Waals surface area (Å²) in [6.07, 6.45) is 0. The molecule has 3 rings (SSSR count). The molecule has 122 valence electrons. The molecule has 0 unspecified atom stereocenters. The molecule has 0 fully saturated rings. The lowest BCUT2D eigenvalue weighted by atomic mass is 10.0. The topological polar surface area (TPSA) is 60.7 Å². The van der Waals surface area contributed by atoms with Crippen LogP contribution in [0.3, 0.4) is 0 Å². The normalized spacial score (nSPS) is 10.8. The van der Waals surface area contributed by atoms with E-state index in [9.17, 15) is 4.79 Å². The number of carbonyl (C=O) groups excluding carboxylic acids is 1. The zero-order valence-corrected chi connectivity index (χ0v) is 14.7. The van der Waals surface area contributed by atoms with Gasteiger partial charge in [0.2, 0.25) is 5.16 Å². The summed E-state index contributed by atoms with van der Waals surface area (Å²) in [6.45, 7) is 6.08. The van der Waals surface area contributed by atoms with Crippen LogP contribution in [0, 0.1) is 20.8 Å². The van der Waals surface area contributed by atoms with Crippen molar-refractivity contribution in [3.63, 3.8) is 0 Å². The lowest BCUT2D eigenvalue weighted by Crippen LogP contribution is -2.05. The van der Waals surface area contributed by atoms with Crippen molar-refractivity contribution in [3.05, 3.63) is 64.7 Å². The molecule has 3 aromatic rings. The van der Waals surface area contributed by atoms with Gasteiger partial charge in [-0.25, -0.2) is 0 Å². The van der Waals surface area contributed by atoms with Gasteiger partial charge in [0.25, 0.3) is 0 Å². The molecular weight excluding hydrogens is 320 g/mol. The first-order chi connectivity index (χ1) is 11.5. The molecule has 0 radical (unpaired) electrons. The van der Waals surface area contributed by atoms with Gasteiger partial charge in [0.15, 0.2) is 5.78 Å². The van der Waals surface area contributed by atoms with Crippen LogP contribution in [-0.4, -0.2) is 31.7 Å². The summed E-state index contributed by atoms with van der Waals surface area (Å²) in [5, 5.41) is 12.4. The summed E-state index contributed by atoms with van der Waals surface area (Å²) in [5.74, 6) is 0.371. The number of rotatable bonds is 5. The number of aromatic nitrogens is 4. The maximum Gasteiger partial charge on any atom is 0.214 e. The molecule has 24 heavy (non-hydrogen) atoms. The zero-order valence-electron chi connectivity index (χ0n) is 13.9. The van der Waals surface area contributed by atoms with Gasteiger partial charge in [0.05, 0.1) is 11.4 Å². The molecule has 0 bridgehead atoms. The molecule has 0 saturated heterocycles. The highest BCUT2D eigenvalue weighted by Crippen LogP contribution is 2.20. The fourth-order valence-corrected chi connectivity index (χ4v) is 3.03. The lowest BCUT2D eigenvalue weighted by molar-refractivity contribution is 0.102. The van der Waals surface area contributed by atoms with E-state index >= 15 is 0 Å². The van der Waals surface area contributed by atoms with Crippen molar-refractivity contribution in [2.75, 3.05) is 5.75 Å². The lowest BCUT2D eigenvalue weighted by Gasteiger charge is -2.06. The molecule has 0 N–H and O–H groups in total. The molecule has 1 aromatic heterocycles. The van der Waals surface area contributed by atoms with Crippen LogP contribution in [0.15, 0.2) is 47.6 Å². The van der Waals surface area contributed by atoms with Crippen LogP contribution in [0.2, 0.25) is 0 Å². The standard InChI is InChI=1S/C18H18N4OS/c1-12-4-8-16(9-5-12)22-18(19-20-21-22)24-11-17(23)15-7-6-13(2)14(3)10-15/h4-10H,11H2,1-3H3. The molecule has 2 aromatic carbocycles. The van der Waals surface area contributed by atoms with Crippen LogP contribution in [0.1, 0.15) is 27.0 Å². The maximum atomic E-state index is 12.4. The highest BCUT2D eigenvalue weighted by atomic mass is 32.2. The Kier molecular flexibility index (Phi) is 4.76. The Morgan fingerprint density at radius 1 is 1.04 bits per heavy atom. The Balaban J connectivity index is 1.73. The summed E-state index contributed by atoms with van der Waals surface area (Å²) in [5.41, 5.74) is 5.08. The van der Waals surface area contributed by atoms with E-state index in [0.717, 1.165) is 16.8 Å². The van der Waals surface area contributed by atoms with Gasteiger partial charge in [0, 0.05) is 5.56 Å². The quantitative estimate of drug-likeness (QED) is 0.526. The van der Waals surface area contributed by atoms with Gasteiger partial charge in [-0.3, -0.25) is 4.79 Å². The Hall–Kier alpha value is -2.47. The van der Waals surface area contributed by atoms with Crippen LogP contribution >= 0.6 is 11.8 Å². The summed E-state index contributed by atoms with van der Waals surface area (Å²) in [7, 11) is 0. The van der Waals surface area contributed by atoms with E-state index in [4.69, 9.17) is 0 Å². The van der Waals surface area contributed by atoms with Gasteiger partial charge in [-0.05, 0) is 60.5 Å². The van der Waals surface area contributed by atoms with Gasteiger partial charge in [-0.15, -0.1) is 5.10 Å². The number of nitrogens with zero attached hydrogens (tertiary/aromatic N) is 4. The van der Waals surface area contributed by atoms with Gasteiger partial charge >= 0.3 is 0 Å². The second-order valence-electron chi connectivity index (χ2n) is 5.72. The second-order valence-corrected chi connectivity index (χ2v) is 6.66. The molecule has 0 aliphatic heterocycles. The van der Waals surface area contributed by atoms with E-state index in [2.05, 4.69) is 15.5 Å². The van der Waals surface area contributed by atoms with E-state index in [1.54, 1.807) is 4.68 Å².